The number of nitrogens with one attached hydrogen (secondary N) is 2. The molecule has 0 unspecified atom stereocenters. The van der Waals surface area contributed by atoms with Crippen LogP contribution in [0.4, 0.5) is 11.8 Å². The minimum absolute atomic E-state index is 0.224. The van der Waals surface area contributed by atoms with Crippen LogP contribution in [0.5, 0.6) is 0 Å². The highest BCUT2D eigenvalue weighted by Gasteiger charge is 2.16. The molecule has 0 bridgehead atoms. The first-order valence-corrected chi connectivity index (χ1v) is 10.8. The minimum Gasteiger partial charge on any atom is -0.383 e. The topological polar surface area (TPSA) is 109 Å². The molecule has 1 aliphatic rings. The Kier molecular flexibility index (Phi) is 5.28. The van der Waals surface area contributed by atoms with Crippen molar-refractivity contribution in [3.05, 3.63) is 60.3 Å². The largest absolute Gasteiger partial charge is 0.383 e. The van der Waals surface area contributed by atoms with E-state index in [1.54, 1.807) is 0 Å². The summed E-state index contributed by atoms with van der Waals surface area (Å²) in [6.45, 7) is 3.12. The summed E-state index contributed by atoms with van der Waals surface area (Å²) < 4.78 is 0. The monoisotopic (exact) mass is 413 g/mol. The number of aromatic nitrogens is 3. The van der Waals surface area contributed by atoms with Gasteiger partial charge in [0.2, 0.25) is 5.95 Å². The lowest BCUT2D eigenvalue weighted by Crippen LogP contribution is -2.31. The van der Waals surface area contributed by atoms with Gasteiger partial charge in [-0.3, -0.25) is 5.43 Å². The van der Waals surface area contributed by atoms with Gasteiger partial charge in [0.25, 0.3) is 0 Å². The van der Waals surface area contributed by atoms with Crippen LogP contribution in [0.2, 0.25) is 0 Å². The number of nitrogens with zero attached hydrogens (tertiary/aromatic N) is 3. The van der Waals surface area contributed by atoms with Crippen LogP contribution in [-0.4, -0.2) is 39.6 Å². The number of hydrogen-bond donors (Lipinski definition) is 4. The lowest BCUT2D eigenvalue weighted by molar-refractivity contribution is 0.250. The second kappa shape index (κ2) is 8.37. The number of nitrogen functional groups attached to an aromatic ring is 2. The summed E-state index contributed by atoms with van der Waals surface area (Å²) in [5, 5.41) is 3.46. The summed E-state index contributed by atoms with van der Waals surface area (Å²) in [4.78, 5) is 12.3. The molecule has 2 aromatic heterocycles. The minimum atomic E-state index is 0.224. The third kappa shape index (κ3) is 4.10. The second-order valence-electron chi connectivity index (χ2n) is 7.99. The number of fused-ring (bicyclic) bond motifs is 1. The van der Waals surface area contributed by atoms with Crippen molar-refractivity contribution in [2.45, 2.75) is 19.3 Å². The second-order valence-corrected chi connectivity index (χ2v) is 7.99. The maximum Gasteiger partial charge on any atom is 0.222 e. The molecule has 7 nitrogen and oxygen atoms in total. The van der Waals surface area contributed by atoms with Gasteiger partial charge in [0.05, 0.1) is 5.69 Å². The Balaban J connectivity index is 1.47. The molecule has 7 heteroatoms. The van der Waals surface area contributed by atoms with E-state index in [-0.39, 0.29) is 5.95 Å². The molecule has 0 atom stereocenters. The van der Waals surface area contributed by atoms with Crippen molar-refractivity contribution < 1.29 is 0 Å². The summed E-state index contributed by atoms with van der Waals surface area (Å²) in [5.74, 6) is 0.651. The zero-order valence-corrected chi connectivity index (χ0v) is 17.4. The van der Waals surface area contributed by atoms with Gasteiger partial charge in [-0.15, -0.1) is 0 Å². The SMILES string of the molecule is Nc1nc(N)c(-c2cccc(-c3cc4ccccc4[nH]3)c2)c(CCCN2CCCN2)n1. The van der Waals surface area contributed by atoms with E-state index < -0.39 is 0 Å². The zero-order valence-electron chi connectivity index (χ0n) is 17.4. The van der Waals surface area contributed by atoms with Gasteiger partial charge in [0.1, 0.15) is 5.82 Å². The molecular weight excluding hydrogens is 386 g/mol. The Morgan fingerprint density at radius 1 is 0.968 bits per heavy atom. The van der Waals surface area contributed by atoms with Crippen LogP contribution in [0, 0.1) is 0 Å². The number of aryl methyl sites for hydroxylation is 1. The Hall–Kier alpha value is -3.42. The van der Waals surface area contributed by atoms with Gasteiger partial charge in [-0.25, -0.2) is 9.99 Å². The summed E-state index contributed by atoms with van der Waals surface area (Å²) in [7, 11) is 0. The van der Waals surface area contributed by atoms with Crippen molar-refractivity contribution in [1.29, 1.82) is 0 Å². The van der Waals surface area contributed by atoms with Gasteiger partial charge in [-0.05, 0) is 48.6 Å². The first-order chi connectivity index (χ1) is 15.2. The molecule has 31 heavy (non-hydrogen) atoms. The molecule has 0 aliphatic carbocycles. The molecule has 0 spiro atoms. The molecule has 1 aliphatic heterocycles. The van der Waals surface area contributed by atoms with Crippen LogP contribution < -0.4 is 16.9 Å². The molecular formula is C24H27N7. The van der Waals surface area contributed by atoms with Gasteiger partial charge in [0, 0.05) is 41.8 Å². The van der Waals surface area contributed by atoms with Crippen molar-refractivity contribution in [3.8, 4) is 22.4 Å². The van der Waals surface area contributed by atoms with Crippen molar-refractivity contribution in [3.63, 3.8) is 0 Å². The summed E-state index contributed by atoms with van der Waals surface area (Å²) in [5.41, 5.74) is 21.7. The van der Waals surface area contributed by atoms with E-state index in [9.17, 15) is 0 Å². The van der Waals surface area contributed by atoms with Crippen molar-refractivity contribution >= 4 is 22.7 Å². The first-order valence-electron chi connectivity index (χ1n) is 10.8. The molecule has 2 aromatic carbocycles. The molecule has 5 rings (SSSR count). The fourth-order valence-corrected chi connectivity index (χ4v) is 4.33. The lowest BCUT2D eigenvalue weighted by atomic mass is 9.98. The Morgan fingerprint density at radius 3 is 2.68 bits per heavy atom. The number of anilines is 2. The van der Waals surface area contributed by atoms with E-state index in [1.165, 1.54) is 11.8 Å². The van der Waals surface area contributed by atoms with E-state index in [0.29, 0.717) is 5.82 Å². The average Bonchev–Trinajstić information content (AvgIpc) is 3.43. The molecule has 0 radical (unpaired) electrons. The molecule has 1 saturated heterocycles. The predicted octanol–water partition coefficient (Wildman–Crippen LogP) is 3.60. The van der Waals surface area contributed by atoms with E-state index in [0.717, 1.165) is 66.1 Å². The highest BCUT2D eigenvalue weighted by molar-refractivity contribution is 5.87. The number of aromatic amines is 1. The van der Waals surface area contributed by atoms with Gasteiger partial charge >= 0.3 is 0 Å². The third-order valence-corrected chi connectivity index (χ3v) is 5.80. The third-order valence-electron chi connectivity index (χ3n) is 5.80. The molecule has 0 amide bonds. The number of hydrazine groups is 1. The molecule has 4 aromatic rings. The normalized spacial score (nSPS) is 14.5. The van der Waals surface area contributed by atoms with Crippen molar-refractivity contribution in [2.75, 3.05) is 31.1 Å². The lowest BCUT2D eigenvalue weighted by Gasteiger charge is -2.16. The van der Waals surface area contributed by atoms with E-state index in [1.807, 2.05) is 18.2 Å². The van der Waals surface area contributed by atoms with Crippen LogP contribution in [-0.2, 0) is 6.42 Å². The van der Waals surface area contributed by atoms with Gasteiger partial charge in [0.15, 0.2) is 0 Å². The van der Waals surface area contributed by atoms with Crippen molar-refractivity contribution in [2.24, 2.45) is 0 Å². The number of benzene rings is 2. The summed E-state index contributed by atoms with van der Waals surface area (Å²) in [6.07, 6.45) is 2.96. The number of H-pyrrole nitrogens is 1. The van der Waals surface area contributed by atoms with Gasteiger partial charge in [-0.2, -0.15) is 4.98 Å². The van der Waals surface area contributed by atoms with Crippen LogP contribution in [0.15, 0.2) is 54.6 Å². The van der Waals surface area contributed by atoms with E-state index >= 15 is 0 Å². The summed E-state index contributed by atoms with van der Waals surface area (Å²) >= 11 is 0. The fourth-order valence-electron chi connectivity index (χ4n) is 4.33. The fraction of sp³-hybridized carbons (Fsp3) is 0.250. The van der Waals surface area contributed by atoms with E-state index in [4.69, 9.17) is 11.5 Å². The highest BCUT2D eigenvalue weighted by Crippen LogP contribution is 2.33. The standard InChI is InChI=1S/C24H27N7/c25-23-22(20(29-24(26)30-23)10-4-12-31-13-5-11-27-31)18-8-3-7-16(14-18)21-15-17-6-1-2-9-19(17)28-21/h1-3,6-9,14-15,27-28H,4-5,10-13H2,(H4,25,26,29,30). The quantitative estimate of drug-likeness (QED) is 0.385. The van der Waals surface area contributed by atoms with E-state index in [2.05, 4.69) is 61.8 Å². The molecule has 3 heterocycles. The van der Waals surface area contributed by atoms with Crippen LogP contribution in [0.3, 0.4) is 0 Å². The first kappa shape index (κ1) is 19.5. The molecule has 1 fully saturated rings. The van der Waals surface area contributed by atoms with Crippen molar-refractivity contribution in [1.82, 2.24) is 25.4 Å². The Bertz CT molecular complexity index is 1170. The number of rotatable bonds is 6. The number of hydrogen-bond acceptors (Lipinski definition) is 6. The summed E-state index contributed by atoms with van der Waals surface area (Å²) in [6, 6.07) is 18.8. The van der Waals surface area contributed by atoms with Gasteiger partial charge < -0.3 is 16.5 Å². The number of para-hydroxylation sites is 1. The maximum atomic E-state index is 6.34. The van der Waals surface area contributed by atoms with Crippen LogP contribution in [0.25, 0.3) is 33.3 Å². The number of nitrogens with two attached hydrogens (primary N) is 2. The predicted molar refractivity (Wildman–Crippen MR) is 126 cm³/mol. The van der Waals surface area contributed by atoms with Gasteiger partial charge in [-0.1, -0.05) is 36.4 Å². The van der Waals surface area contributed by atoms with Crippen LogP contribution >= 0.6 is 0 Å². The zero-order chi connectivity index (χ0) is 21.2. The smallest absolute Gasteiger partial charge is 0.222 e. The molecule has 6 N–H and O–H groups in total. The highest BCUT2D eigenvalue weighted by atomic mass is 15.5. The Morgan fingerprint density at radius 2 is 1.84 bits per heavy atom. The average molecular weight is 414 g/mol. The maximum absolute atomic E-state index is 6.34. The van der Waals surface area contributed by atoms with Crippen LogP contribution in [0.1, 0.15) is 18.5 Å². The molecule has 0 saturated carbocycles. The Labute approximate surface area is 181 Å². The molecule has 158 valence electrons.